The van der Waals surface area contributed by atoms with Crippen LogP contribution in [0.25, 0.3) is 0 Å². The second-order valence-corrected chi connectivity index (χ2v) is 7.98. The average Bonchev–Trinajstić information content (AvgIpc) is 2.66. The van der Waals surface area contributed by atoms with Crippen LogP contribution in [0.3, 0.4) is 0 Å². The highest BCUT2D eigenvalue weighted by Crippen LogP contribution is 2.35. The molecule has 0 saturated heterocycles. The van der Waals surface area contributed by atoms with Crippen molar-refractivity contribution >= 4 is 5.97 Å². The first-order chi connectivity index (χ1) is 12.6. The molecule has 0 spiro atoms. The van der Waals surface area contributed by atoms with E-state index in [9.17, 15) is 4.79 Å². The summed E-state index contributed by atoms with van der Waals surface area (Å²) in [6.07, 6.45) is 12.7. The molecule has 0 N–H and O–H groups in total. The molecule has 3 atom stereocenters. The number of rotatable bonds is 10. The first-order valence-corrected chi connectivity index (χ1v) is 10.6. The zero-order chi connectivity index (χ0) is 18.8. The number of ether oxygens (including phenoxy) is 1. The summed E-state index contributed by atoms with van der Waals surface area (Å²) < 4.78 is 5.45. The summed E-state index contributed by atoms with van der Waals surface area (Å²) >= 11 is 0. The maximum atomic E-state index is 12.2. The lowest BCUT2D eigenvalue weighted by Crippen LogP contribution is -2.16. The van der Waals surface area contributed by atoms with Crippen LogP contribution in [0.1, 0.15) is 78.6 Å². The third-order valence-electron chi connectivity index (χ3n) is 5.82. The Morgan fingerprint density at radius 1 is 1.19 bits per heavy atom. The van der Waals surface area contributed by atoms with E-state index < -0.39 is 0 Å². The molecule has 0 aromatic heterocycles. The van der Waals surface area contributed by atoms with E-state index in [1.165, 1.54) is 44.9 Å². The van der Waals surface area contributed by atoms with E-state index in [1.54, 1.807) is 5.57 Å². The van der Waals surface area contributed by atoms with Crippen LogP contribution >= 0.6 is 0 Å². The van der Waals surface area contributed by atoms with Gasteiger partial charge in [-0.15, -0.1) is 0 Å². The second-order valence-electron chi connectivity index (χ2n) is 7.98. The molecule has 0 saturated carbocycles. The number of hydrogen-bond donors (Lipinski definition) is 0. The van der Waals surface area contributed by atoms with E-state index in [4.69, 9.17) is 4.74 Å². The fourth-order valence-corrected chi connectivity index (χ4v) is 4.06. The summed E-state index contributed by atoms with van der Waals surface area (Å²) in [5.74, 6) is 2.79. The molecule has 1 aliphatic carbocycles. The van der Waals surface area contributed by atoms with E-state index >= 15 is 0 Å². The third-order valence-corrected chi connectivity index (χ3v) is 5.82. The first kappa shape index (κ1) is 20.7. The molecule has 0 bridgehead atoms. The molecule has 0 heterocycles. The molecule has 2 rings (SSSR count). The smallest absolute Gasteiger partial charge is 0.311 e. The van der Waals surface area contributed by atoms with Gasteiger partial charge in [-0.3, -0.25) is 4.79 Å². The van der Waals surface area contributed by atoms with Crippen molar-refractivity contribution in [1.29, 1.82) is 0 Å². The van der Waals surface area contributed by atoms with Gasteiger partial charge < -0.3 is 4.74 Å². The highest BCUT2D eigenvalue weighted by atomic mass is 16.5. The van der Waals surface area contributed by atoms with E-state index in [2.05, 4.69) is 26.8 Å². The van der Waals surface area contributed by atoms with Gasteiger partial charge in [0.15, 0.2) is 0 Å². The Balaban J connectivity index is 1.83. The van der Waals surface area contributed by atoms with Crippen molar-refractivity contribution in [3.8, 4) is 5.75 Å². The average molecular weight is 357 g/mol. The predicted octanol–water partition coefficient (Wildman–Crippen LogP) is 6.95. The maximum Gasteiger partial charge on any atom is 0.311 e. The molecule has 144 valence electrons. The second kappa shape index (κ2) is 11.2. The van der Waals surface area contributed by atoms with Crippen molar-refractivity contribution in [3.05, 3.63) is 42.0 Å². The minimum absolute atomic E-state index is 0.108. The Hall–Kier alpha value is -1.57. The van der Waals surface area contributed by atoms with Gasteiger partial charge in [-0.25, -0.2) is 0 Å². The molecular weight excluding hydrogens is 320 g/mol. The molecule has 1 aromatic carbocycles. The SMILES string of the molecule is CCCC(CCC(=O)Oc1ccccc1)C1=CCC(CC(C)CC)CC1. The summed E-state index contributed by atoms with van der Waals surface area (Å²) in [6, 6.07) is 9.39. The highest BCUT2D eigenvalue weighted by Gasteiger charge is 2.22. The Morgan fingerprint density at radius 2 is 1.96 bits per heavy atom. The Morgan fingerprint density at radius 3 is 2.58 bits per heavy atom. The zero-order valence-corrected chi connectivity index (χ0v) is 16.9. The lowest BCUT2D eigenvalue weighted by molar-refractivity contribution is -0.134. The molecule has 2 heteroatoms. The van der Waals surface area contributed by atoms with E-state index in [1.807, 2.05) is 30.3 Å². The summed E-state index contributed by atoms with van der Waals surface area (Å²) in [6.45, 7) is 6.91. The van der Waals surface area contributed by atoms with Gasteiger partial charge in [-0.1, -0.05) is 63.5 Å². The van der Waals surface area contributed by atoms with Crippen LogP contribution in [-0.4, -0.2) is 5.97 Å². The molecule has 0 amide bonds. The van der Waals surface area contributed by atoms with Gasteiger partial charge in [0.2, 0.25) is 0 Å². The Labute approximate surface area is 160 Å². The van der Waals surface area contributed by atoms with E-state index in [0.717, 1.165) is 18.3 Å². The molecule has 26 heavy (non-hydrogen) atoms. The van der Waals surface area contributed by atoms with Gasteiger partial charge in [0.05, 0.1) is 0 Å². The van der Waals surface area contributed by atoms with Gasteiger partial charge >= 0.3 is 5.97 Å². The Bertz CT molecular complexity index is 561. The fourth-order valence-electron chi connectivity index (χ4n) is 4.06. The summed E-state index contributed by atoms with van der Waals surface area (Å²) in [4.78, 5) is 12.2. The Kier molecular flexibility index (Phi) is 8.94. The van der Waals surface area contributed by atoms with Crippen molar-refractivity contribution in [3.63, 3.8) is 0 Å². The molecule has 0 aliphatic heterocycles. The number of benzene rings is 1. The van der Waals surface area contributed by atoms with Gasteiger partial charge in [-0.2, -0.15) is 0 Å². The standard InChI is InChI=1S/C24H36O2/c1-4-9-21(16-17-24(25)26-23-10-7-6-8-11-23)22-14-12-20(13-15-22)18-19(3)5-2/h6-8,10-11,14,19-21H,4-5,9,12-13,15-18H2,1-3H3. The lowest BCUT2D eigenvalue weighted by atomic mass is 9.78. The minimum Gasteiger partial charge on any atom is -0.427 e. The quantitative estimate of drug-likeness (QED) is 0.257. The van der Waals surface area contributed by atoms with Crippen LogP contribution in [-0.2, 0) is 4.79 Å². The van der Waals surface area contributed by atoms with Gasteiger partial charge in [-0.05, 0) is 68.4 Å². The number of carbonyl (C=O) groups is 1. The number of esters is 1. The van der Waals surface area contributed by atoms with Crippen molar-refractivity contribution in [2.24, 2.45) is 17.8 Å². The molecule has 0 radical (unpaired) electrons. The molecule has 1 aliphatic rings. The molecule has 2 nitrogen and oxygen atoms in total. The van der Waals surface area contributed by atoms with Crippen LogP contribution in [0.15, 0.2) is 42.0 Å². The van der Waals surface area contributed by atoms with Gasteiger partial charge in [0.25, 0.3) is 0 Å². The van der Waals surface area contributed by atoms with Gasteiger partial charge in [0, 0.05) is 6.42 Å². The molecular formula is C24H36O2. The first-order valence-electron chi connectivity index (χ1n) is 10.6. The number of allylic oxidation sites excluding steroid dienone is 2. The number of carbonyl (C=O) groups excluding carboxylic acids is 1. The maximum absolute atomic E-state index is 12.2. The van der Waals surface area contributed by atoms with Crippen LogP contribution in [0, 0.1) is 17.8 Å². The zero-order valence-electron chi connectivity index (χ0n) is 16.9. The van der Waals surface area contributed by atoms with Crippen LogP contribution in [0.5, 0.6) is 5.75 Å². The van der Waals surface area contributed by atoms with Crippen molar-refractivity contribution in [1.82, 2.24) is 0 Å². The largest absolute Gasteiger partial charge is 0.427 e. The van der Waals surface area contributed by atoms with Gasteiger partial charge in [0.1, 0.15) is 5.75 Å². The summed E-state index contributed by atoms with van der Waals surface area (Å²) in [5, 5.41) is 0. The molecule has 3 unspecified atom stereocenters. The summed E-state index contributed by atoms with van der Waals surface area (Å²) in [5.41, 5.74) is 1.60. The topological polar surface area (TPSA) is 26.3 Å². The van der Waals surface area contributed by atoms with Crippen LogP contribution in [0.2, 0.25) is 0 Å². The third kappa shape index (κ3) is 6.97. The number of para-hydroxylation sites is 1. The van der Waals surface area contributed by atoms with Crippen LogP contribution < -0.4 is 4.74 Å². The minimum atomic E-state index is -0.108. The van der Waals surface area contributed by atoms with E-state index in [-0.39, 0.29) is 5.97 Å². The van der Waals surface area contributed by atoms with E-state index in [0.29, 0.717) is 18.1 Å². The normalized spacial score (nSPS) is 19.5. The monoisotopic (exact) mass is 356 g/mol. The van der Waals surface area contributed by atoms with Crippen molar-refractivity contribution in [2.75, 3.05) is 0 Å². The lowest BCUT2D eigenvalue weighted by Gasteiger charge is -2.28. The predicted molar refractivity (Wildman–Crippen MR) is 109 cm³/mol. The fraction of sp³-hybridized carbons (Fsp3) is 0.625. The number of hydrogen-bond acceptors (Lipinski definition) is 2. The molecule has 0 fully saturated rings. The van der Waals surface area contributed by atoms with Crippen molar-refractivity contribution in [2.45, 2.75) is 78.6 Å². The van der Waals surface area contributed by atoms with Crippen LogP contribution in [0.4, 0.5) is 0 Å². The molecule has 1 aromatic rings. The van der Waals surface area contributed by atoms with Crippen molar-refractivity contribution < 1.29 is 9.53 Å². The highest BCUT2D eigenvalue weighted by molar-refractivity contribution is 5.72. The summed E-state index contributed by atoms with van der Waals surface area (Å²) in [7, 11) is 0.